The molecule has 0 unspecified atom stereocenters. The summed E-state index contributed by atoms with van der Waals surface area (Å²) < 4.78 is 1.20. The van der Waals surface area contributed by atoms with Crippen molar-refractivity contribution < 1.29 is 0 Å². The molecule has 0 atom stereocenters. The molecule has 1 rings (SSSR count). The molecule has 0 aliphatic rings. The zero-order valence-electron chi connectivity index (χ0n) is 7.35. The molecule has 0 bridgehead atoms. The van der Waals surface area contributed by atoms with Crippen molar-refractivity contribution in [1.82, 2.24) is 5.32 Å². The Kier molecular flexibility index (Phi) is 5.14. The van der Waals surface area contributed by atoms with Crippen molar-refractivity contribution in [2.24, 2.45) is 0 Å². The zero-order chi connectivity index (χ0) is 9.52. The molecular formula is C10H12BrNS. The van der Waals surface area contributed by atoms with Crippen LogP contribution in [0.1, 0.15) is 17.7 Å². The summed E-state index contributed by atoms with van der Waals surface area (Å²) in [5.74, 6) is 2.63. The molecule has 1 heterocycles. The summed E-state index contributed by atoms with van der Waals surface area (Å²) in [5.41, 5.74) is 0. The molecule has 0 radical (unpaired) electrons. The van der Waals surface area contributed by atoms with Gasteiger partial charge in [0, 0.05) is 22.3 Å². The van der Waals surface area contributed by atoms with Crippen LogP contribution in [-0.4, -0.2) is 6.54 Å². The van der Waals surface area contributed by atoms with Crippen LogP contribution in [0.3, 0.4) is 0 Å². The first-order valence-electron chi connectivity index (χ1n) is 4.20. The van der Waals surface area contributed by atoms with Gasteiger partial charge in [0.1, 0.15) is 0 Å². The van der Waals surface area contributed by atoms with Crippen molar-refractivity contribution >= 4 is 27.3 Å². The Morgan fingerprint density at radius 1 is 1.62 bits per heavy atom. The van der Waals surface area contributed by atoms with E-state index in [-0.39, 0.29) is 0 Å². The average Bonchev–Trinajstić information content (AvgIpc) is 2.52. The molecule has 1 aromatic rings. The first-order valence-corrected chi connectivity index (χ1v) is 5.88. The average molecular weight is 258 g/mol. The minimum atomic E-state index is 0.860. The van der Waals surface area contributed by atoms with E-state index in [2.05, 4.69) is 38.6 Å². The third-order valence-corrected chi connectivity index (χ3v) is 3.58. The summed E-state index contributed by atoms with van der Waals surface area (Å²) in [6, 6.07) is 2.07. The maximum atomic E-state index is 5.15. The molecule has 13 heavy (non-hydrogen) atoms. The SMILES string of the molecule is C#CCCCNCc1sccc1Br. The Morgan fingerprint density at radius 3 is 3.08 bits per heavy atom. The molecule has 0 fully saturated rings. The smallest absolute Gasteiger partial charge is 0.0327 e. The van der Waals surface area contributed by atoms with Gasteiger partial charge in [-0.1, -0.05) is 0 Å². The van der Waals surface area contributed by atoms with Gasteiger partial charge in [-0.05, 0) is 40.3 Å². The van der Waals surface area contributed by atoms with Gasteiger partial charge in [0.05, 0.1) is 0 Å². The molecule has 1 N–H and O–H groups in total. The summed E-state index contributed by atoms with van der Waals surface area (Å²) >= 11 is 5.25. The summed E-state index contributed by atoms with van der Waals surface area (Å²) in [5, 5.41) is 5.43. The van der Waals surface area contributed by atoms with Gasteiger partial charge in [-0.2, -0.15) is 0 Å². The van der Waals surface area contributed by atoms with Gasteiger partial charge in [0.25, 0.3) is 0 Å². The minimum absolute atomic E-state index is 0.860. The largest absolute Gasteiger partial charge is 0.312 e. The topological polar surface area (TPSA) is 12.0 Å². The van der Waals surface area contributed by atoms with E-state index in [9.17, 15) is 0 Å². The molecule has 0 aromatic carbocycles. The lowest BCUT2D eigenvalue weighted by molar-refractivity contribution is 0.663. The summed E-state index contributed by atoms with van der Waals surface area (Å²) in [6.45, 7) is 1.93. The highest BCUT2D eigenvalue weighted by Gasteiger charge is 1.98. The number of terminal acetylenes is 1. The van der Waals surface area contributed by atoms with Gasteiger partial charge in [-0.15, -0.1) is 23.7 Å². The van der Waals surface area contributed by atoms with Gasteiger partial charge < -0.3 is 5.32 Å². The zero-order valence-corrected chi connectivity index (χ0v) is 9.75. The molecule has 3 heteroatoms. The monoisotopic (exact) mass is 257 g/mol. The highest BCUT2D eigenvalue weighted by molar-refractivity contribution is 9.10. The number of halogens is 1. The molecular weight excluding hydrogens is 246 g/mol. The van der Waals surface area contributed by atoms with Gasteiger partial charge in [-0.25, -0.2) is 0 Å². The van der Waals surface area contributed by atoms with Crippen LogP contribution in [0.2, 0.25) is 0 Å². The van der Waals surface area contributed by atoms with E-state index in [1.807, 2.05) is 0 Å². The number of thiophene rings is 1. The van der Waals surface area contributed by atoms with Gasteiger partial charge in [0.15, 0.2) is 0 Å². The van der Waals surface area contributed by atoms with Crippen LogP contribution >= 0.6 is 27.3 Å². The van der Waals surface area contributed by atoms with Crippen LogP contribution in [0.5, 0.6) is 0 Å². The molecule has 0 amide bonds. The van der Waals surface area contributed by atoms with E-state index in [0.717, 1.165) is 25.9 Å². The van der Waals surface area contributed by atoms with Crippen LogP contribution in [0.15, 0.2) is 15.9 Å². The normalized spacial score (nSPS) is 9.85. The lowest BCUT2D eigenvalue weighted by Crippen LogP contribution is -2.13. The highest BCUT2D eigenvalue weighted by atomic mass is 79.9. The predicted molar refractivity (Wildman–Crippen MR) is 61.8 cm³/mol. The van der Waals surface area contributed by atoms with Crippen LogP contribution in [0.4, 0.5) is 0 Å². The molecule has 1 nitrogen and oxygen atoms in total. The lowest BCUT2D eigenvalue weighted by atomic mass is 10.3. The Bertz CT molecular complexity index is 287. The summed E-state index contributed by atoms with van der Waals surface area (Å²) in [7, 11) is 0. The van der Waals surface area contributed by atoms with Crippen molar-refractivity contribution in [2.75, 3.05) is 6.54 Å². The van der Waals surface area contributed by atoms with E-state index in [4.69, 9.17) is 6.42 Å². The fourth-order valence-electron chi connectivity index (χ4n) is 0.969. The van der Waals surface area contributed by atoms with Gasteiger partial charge in [0.2, 0.25) is 0 Å². The van der Waals surface area contributed by atoms with Crippen molar-refractivity contribution in [1.29, 1.82) is 0 Å². The van der Waals surface area contributed by atoms with Gasteiger partial charge >= 0.3 is 0 Å². The van der Waals surface area contributed by atoms with Crippen LogP contribution in [0, 0.1) is 12.3 Å². The second-order valence-electron chi connectivity index (χ2n) is 2.68. The fraction of sp³-hybridized carbons (Fsp3) is 0.400. The van der Waals surface area contributed by atoms with Crippen LogP contribution in [-0.2, 0) is 6.54 Å². The Balaban J connectivity index is 2.14. The lowest BCUT2D eigenvalue weighted by Gasteiger charge is -2.01. The van der Waals surface area contributed by atoms with Crippen molar-refractivity contribution in [2.45, 2.75) is 19.4 Å². The number of rotatable bonds is 5. The molecule has 1 aromatic heterocycles. The Hall–Kier alpha value is -0.300. The maximum absolute atomic E-state index is 5.15. The maximum Gasteiger partial charge on any atom is 0.0327 e. The third kappa shape index (κ3) is 3.95. The van der Waals surface area contributed by atoms with Crippen molar-refractivity contribution in [3.8, 4) is 12.3 Å². The minimum Gasteiger partial charge on any atom is -0.312 e. The van der Waals surface area contributed by atoms with Crippen molar-refractivity contribution in [3.63, 3.8) is 0 Å². The quantitative estimate of drug-likeness (QED) is 0.632. The number of unbranched alkanes of at least 4 members (excludes halogenated alkanes) is 1. The molecule has 0 aliphatic heterocycles. The van der Waals surface area contributed by atoms with E-state index in [1.54, 1.807) is 11.3 Å². The third-order valence-electron chi connectivity index (χ3n) is 1.65. The molecule has 0 spiro atoms. The summed E-state index contributed by atoms with van der Waals surface area (Å²) in [4.78, 5) is 1.35. The fourth-order valence-corrected chi connectivity index (χ4v) is 2.43. The first-order chi connectivity index (χ1) is 6.34. The highest BCUT2D eigenvalue weighted by Crippen LogP contribution is 2.21. The Labute approximate surface area is 91.7 Å². The number of hydrogen-bond donors (Lipinski definition) is 1. The second kappa shape index (κ2) is 6.20. The van der Waals surface area contributed by atoms with Crippen LogP contribution in [0.25, 0.3) is 0 Å². The van der Waals surface area contributed by atoms with E-state index < -0.39 is 0 Å². The number of hydrogen-bond acceptors (Lipinski definition) is 2. The van der Waals surface area contributed by atoms with E-state index >= 15 is 0 Å². The van der Waals surface area contributed by atoms with E-state index in [0.29, 0.717) is 0 Å². The number of nitrogens with one attached hydrogen (secondary N) is 1. The standard InChI is InChI=1S/C10H12BrNS/c1-2-3-4-6-12-8-10-9(11)5-7-13-10/h1,5,7,12H,3-4,6,8H2. The van der Waals surface area contributed by atoms with Crippen molar-refractivity contribution in [3.05, 3.63) is 20.8 Å². The van der Waals surface area contributed by atoms with Gasteiger partial charge in [-0.3, -0.25) is 0 Å². The molecule has 70 valence electrons. The first kappa shape index (κ1) is 10.8. The van der Waals surface area contributed by atoms with E-state index in [1.165, 1.54) is 9.35 Å². The Morgan fingerprint density at radius 2 is 2.46 bits per heavy atom. The van der Waals surface area contributed by atoms with Crippen LogP contribution < -0.4 is 5.32 Å². The molecule has 0 saturated carbocycles. The summed E-state index contributed by atoms with van der Waals surface area (Å²) in [6.07, 6.45) is 7.06. The molecule has 0 saturated heterocycles. The second-order valence-corrected chi connectivity index (χ2v) is 4.53. The predicted octanol–water partition coefficient (Wildman–Crippen LogP) is 3.01. The molecule has 0 aliphatic carbocycles.